The van der Waals surface area contributed by atoms with Crippen LogP contribution in [0.1, 0.15) is 50.2 Å². The van der Waals surface area contributed by atoms with E-state index in [0.29, 0.717) is 12.5 Å². The molecule has 4 aliphatic rings. The predicted octanol–water partition coefficient (Wildman–Crippen LogP) is 3.95. The molecule has 1 unspecified atom stereocenters. The summed E-state index contributed by atoms with van der Waals surface area (Å²) in [7, 11) is 1.58. The second-order valence-corrected chi connectivity index (χ2v) is 12.0. The number of anilines is 1. The Hall–Kier alpha value is -3.46. The molecule has 6 rings (SSSR count). The number of allylic oxidation sites excluding steroid dienone is 2. The van der Waals surface area contributed by atoms with Gasteiger partial charge in [0, 0.05) is 51.0 Å². The van der Waals surface area contributed by atoms with Crippen molar-refractivity contribution in [1.29, 1.82) is 0 Å². The number of piperidine rings is 1. The second kappa shape index (κ2) is 12.2. The van der Waals surface area contributed by atoms with Crippen molar-refractivity contribution in [3.8, 4) is 5.75 Å². The molecular formula is C32H42N6O3. The van der Waals surface area contributed by atoms with Crippen molar-refractivity contribution >= 4 is 23.1 Å². The van der Waals surface area contributed by atoms with Crippen LogP contribution in [0.2, 0.25) is 0 Å². The van der Waals surface area contributed by atoms with E-state index < -0.39 is 0 Å². The normalized spacial score (nSPS) is 23.4. The Morgan fingerprint density at radius 2 is 1.88 bits per heavy atom. The van der Waals surface area contributed by atoms with E-state index in [4.69, 9.17) is 9.57 Å². The maximum absolute atomic E-state index is 13.3. The molecule has 1 N–H and O–H groups in total. The third-order valence-electron chi connectivity index (χ3n) is 9.35. The van der Waals surface area contributed by atoms with Crippen LogP contribution >= 0.6 is 0 Å². The van der Waals surface area contributed by atoms with Gasteiger partial charge in [-0.05, 0) is 73.3 Å². The molecule has 1 aromatic carbocycles. The Morgan fingerprint density at radius 1 is 1.12 bits per heavy atom. The summed E-state index contributed by atoms with van der Waals surface area (Å²) in [5, 5.41) is 7.58. The van der Waals surface area contributed by atoms with Gasteiger partial charge in [-0.1, -0.05) is 30.3 Å². The molecule has 0 radical (unpaired) electrons. The summed E-state index contributed by atoms with van der Waals surface area (Å²) in [4.78, 5) is 31.8. The van der Waals surface area contributed by atoms with Crippen LogP contribution in [0, 0.1) is 17.3 Å². The number of carbonyl (C=O) groups is 1. The Balaban J connectivity index is 0.960. The van der Waals surface area contributed by atoms with E-state index in [1.54, 1.807) is 7.11 Å². The number of ether oxygens (including phenoxy) is 1. The van der Waals surface area contributed by atoms with Gasteiger partial charge >= 0.3 is 0 Å². The fraction of sp³-hybridized carbons (Fsp3) is 0.562. The van der Waals surface area contributed by atoms with Crippen LogP contribution in [0.3, 0.4) is 0 Å². The van der Waals surface area contributed by atoms with Gasteiger partial charge in [0.2, 0.25) is 11.9 Å². The summed E-state index contributed by atoms with van der Waals surface area (Å²) in [6.45, 7) is 7.86. The molecular weight excluding hydrogens is 516 g/mol. The van der Waals surface area contributed by atoms with Crippen molar-refractivity contribution in [3.05, 3.63) is 53.9 Å². The van der Waals surface area contributed by atoms with Gasteiger partial charge < -0.3 is 24.7 Å². The van der Waals surface area contributed by atoms with Crippen LogP contribution in [-0.2, 0) is 16.1 Å². The number of nitrogens with zero attached hydrogens (tertiary/aromatic N) is 5. The second-order valence-electron chi connectivity index (χ2n) is 12.0. The molecule has 1 aliphatic carbocycles. The van der Waals surface area contributed by atoms with Gasteiger partial charge in [0.1, 0.15) is 12.9 Å². The van der Waals surface area contributed by atoms with E-state index in [0.717, 1.165) is 95.3 Å². The van der Waals surface area contributed by atoms with Crippen LogP contribution in [0.15, 0.2) is 47.9 Å². The zero-order valence-corrected chi connectivity index (χ0v) is 24.3. The number of amides is 1. The lowest BCUT2D eigenvalue weighted by Crippen LogP contribution is -2.58. The predicted molar refractivity (Wildman–Crippen MR) is 160 cm³/mol. The summed E-state index contributed by atoms with van der Waals surface area (Å²) in [5.74, 6) is 2.60. The zero-order chi connectivity index (χ0) is 28.2. The van der Waals surface area contributed by atoms with Gasteiger partial charge in [0.05, 0.1) is 24.3 Å². The monoisotopic (exact) mass is 558 g/mol. The minimum Gasteiger partial charge on any atom is -0.493 e. The first kappa shape index (κ1) is 27.7. The number of likely N-dealkylation sites (tertiary alicyclic amines) is 1. The Bertz CT molecular complexity index is 1260. The van der Waals surface area contributed by atoms with E-state index in [-0.39, 0.29) is 17.2 Å². The van der Waals surface area contributed by atoms with Crippen molar-refractivity contribution in [3.63, 3.8) is 0 Å². The minimum atomic E-state index is -0.0293. The topological polar surface area (TPSA) is 92.2 Å². The highest BCUT2D eigenvalue weighted by atomic mass is 16.6. The molecule has 41 heavy (non-hydrogen) atoms. The van der Waals surface area contributed by atoms with Crippen LogP contribution in [0.5, 0.6) is 5.75 Å². The number of nitrogens with one attached hydrogen (secondary N) is 1. The fourth-order valence-electron chi connectivity index (χ4n) is 6.55. The molecule has 1 aromatic heterocycles. The van der Waals surface area contributed by atoms with Crippen LogP contribution < -0.4 is 15.0 Å². The smallest absolute Gasteiger partial charge is 0.226 e. The average Bonchev–Trinajstić information content (AvgIpc) is 3.41. The third kappa shape index (κ3) is 5.96. The van der Waals surface area contributed by atoms with Crippen LogP contribution in [0.4, 0.5) is 5.95 Å². The van der Waals surface area contributed by atoms with Gasteiger partial charge in [0.15, 0.2) is 0 Å². The fourth-order valence-corrected chi connectivity index (χ4v) is 6.55. The lowest BCUT2D eigenvalue weighted by atomic mass is 9.79. The van der Waals surface area contributed by atoms with Gasteiger partial charge in [-0.3, -0.25) is 4.79 Å². The molecule has 218 valence electrons. The van der Waals surface area contributed by atoms with Crippen molar-refractivity contribution in [1.82, 2.24) is 20.2 Å². The van der Waals surface area contributed by atoms with Gasteiger partial charge in [-0.25, -0.2) is 9.97 Å². The number of aromatic nitrogens is 2. The molecule has 1 spiro atoms. The molecule has 3 aliphatic heterocycles. The highest BCUT2D eigenvalue weighted by molar-refractivity contribution is 5.99. The first-order valence-electron chi connectivity index (χ1n) is 15.1. The Morgan fingerprint density at radius 3 is 2.49 bits per heavy atom. The van der Waals surface area contributed by atoms with Crippen molar-refractivity contribution in [2.75, 3.05) is 57.9 Å². The minimum absolute atomic E-state index is 0.0293. The highest BCUT2D eigenvalue weighted by Crippen LogP contribution is 2.36. The molecule has 9 heteroatoms. The zero-order valence-electron chi connectivity index (χ0n) is 24.3. The summed E-state index contributed by atoms with van der Waals surface area (Å²) >= 11 is 0. The maximum Gasteiger partial charge on any atom is 0.226 e. The summed E-state index contributed by atoms with van der Waals surface area (Å²) in [5.41, 5.74) is 4.69. The van der Waals surface area contributed by atoms with E-state index >= 15 is 0 Å². The molecule has 2 aromatic rings. The molecule has 3 fully saturated rings. The highest BCUT2D eigenvalue weighted by Gasteiger charge is 2.50. The SMILES string of the molecule is CCc1cnc(N2CCC(COc3ccc(C4=CCC(C(=O)N5C/C(=N\OC)C6(CNC6)C5)CC4)cc3)CC2)nc1. The van der Waals surface area contributed by atoms with E-state index in [9.17, 15) is 4.79 Å². The molecule has 0 bridgehead atoms. The largest absolute Gasteiger partial charge is 0.493 e. The lowest BCUT2D eigenvalue weighted by Gasteiger charge is -2.39. The Labute approximate surface area is 243 Å². The van der Waals surface area contributed by atoms with Crippen LogP contribution in [-0.4, -0.2) is 79.5 Å². The number of hydrogen-bond acceptors (Lipinski definition) is 8. The third-order valence-corrected chi connectivity index (χ3v) is 9.35. The first-order valence-corrected chi connectivity index (χ1v) is 15.1. The van der Waals surface area contributed by atoms with Gasteiger partial charge in [-0.15, -0.1) is 0 Å². The van der Waals surface area contributed by atoms with Crippen molar-refractivity contribution in [2.45, 2.75) is 45.4 Å². The lowest BCUT2D eigenvalue weighted by molar-refractivity contribution is -0.135. The molecule has 3 saturated heterocycles. The molecule has 0 saturated carbocycles. The van der Waals surface area contributed by atoms with Crippen molar-refractivity contribution in [2.24, 2.45) is 22.4 Å². The van der Waals surface area contributed by atoms with Gasteiger partial charge in [0.25, 0.3) is 0 Å². The molecule has 1 amide bonds. The molecule has 1 atom stereocenters. The summed E-state index contributed by atoms with van der Waals surface area (Å²) in [6.07, 6.45) is 11.9. The number of benzene rings is 1. The van der Waals surface area contributed by atoms with E-state index in [1.807, 2.05) is 17.3 Å². The van der Waals surface area contributed by atoms with Crippen LogP contribution in [0.25, 0.3) is 5.57 Å². The average molecular weight is 559 g/mol. The van der Waals surface area contributed by atoms with E-state index in [2.05, 4.69) is 62.6 Å². The number of carbonyl (C=O) groups excluding carboxylic acids is 1. The number of rotatable bonds is 8. The maximum atomic E-state index is 13.3. The molecule has 9 nitrogen and oxygen atoms in total. The molecule has 4 heterocycles. The van der Waals surface area contributed by atoms with Crippen molar-refractivity contribution < 1.29 is 14.4 Å². The standard InChI is InChI=1S/C32H42N6O3/c1-3-23-16-34-31(35-17-23)37-14-12-24(13-15-37)19-41-28-10-8-26(9-11-28)25-4-6-27(7-5-25)30(39)38-18-29(36-40-2)32(22-38)20-33-21-32/h4,8-11,16-17,24,27,33H,3,5-7,12-15,18-22H2,1-2H3/b36-29+. The summed E-state index contributed by atoms with van der Waals surface area (Å²) < 4.78 is 6.18. The Kier molecular flexibility index (Phi) is 8.23. The van der Waals surface area contributed by atoms with Gasteiger partial charge in [-0.2, -0.15) is 0 Å². The number of oxime groups is 1. The number of aryl methyl sites for hydroxylation is 1. The first-order chi connectivity index (χ1) is 20.1. The quantitative estimate of drug-likeness (QED) is 0.491. The van der Waals surface area contributed by atoms with E-state index in [1.165, 1.54) is 16.7 Å². The summed E-state index contributed by atoms with van der Waals surface area (Å²) in [6, 6.07) is 8.48. The number of hydrogen-bond donors (Lipinski definition) is 1.